The second-order valence-electron chi connectivity index (χ2n) is 5.46. The summed E-state index contributed by atoms with van der Waals surface area (Å²) in [6.45, 7) is 5.53. The Morgan fingerprint density at radius 1 is 1.62 bits per heavy atom. The van der Waals surface area contributed by atoms with E-state index in [0.29, 0.717) is 37.6 Å². The van der Waals surface area contributed by atoms with Crippen LogP contribution >= 0.6 is 0 Å². The van der Waals surface area contributed by atoms with Crippen molar-refractivity contribution in [2.24, 2.45) is 12.8 Å². The van der Waals surface area contributed by atoms with Crippen molar-refractivity contribution in [1.29, 1.82) is 0 Å². The number of nitrogens with zero attached hydrogens (tertiary/aromatic N) is 4. The lowest BCUT2D eigenvalue weighted by Crippen LogP contribution is -2.50. The number of nitro groups is 1. The van der Waals surface area contributed by atoms with Crippen LogP contribution in [0.15, 0.2) is 0 Å². The molecule has 0 saturated carbocycles. The van der Waals surface area contributed by atoms with Gasteiger partial charge in [-0.2, -0.15) is 5.10 Å². The van der Waals surface area contributed by atoms with E-state index in [1.54, 1.807) is 11.7 Å². The molecule has 1 saturated heterocycles. The number of aromatic nitrogens is 2. The van der Waals surface area contributed by atoms with Crippen LogP contribution in [-0.2, 0) is 18.2 Å². The van der Waals surface area contributed by atoms with E-state index >= 15 is 0 Å². The lowest BCUT2D eigenvalue weighted by molar-refractivity contribution is -0.384. The molecule has 1 aliphatic rings. The van der Waals surface area contributed by atoms with E-state index in [1.165, 1.54) is 0 Å². The van der Waals surface area contributed by atoms with Gasteiger partial charge in [0.2, 0.25) is 5.82 Å². The molecule has 118 valence electrons. The Kier molecular flexibility index (Phi) is 4.79. The number of anilines is 1. The SMILES string of the molecule is CCCc1nn(C)c(N2CCOC(C(C)N)C2)c1[N+](=O)[O-]. The minimum Gasteiger partial charge on any atom is -0.373 e. The summed E-state index contributed by atoms with van der Waals surface area (Å²) in [5, 5.41) is 15.8. The van der Waals surface area contributed by atoms with Crippen molar-refractivity contribution in [3.05, 3.63) is 15.8 Å². The standard InChI is InChI=1S/C13H23N5O3/c1-4-5-10-12(18(19)20)13(16(3)15-10)17-6-7-21-11(8-17)9(2)14/h9,11H,4-8,14H2,1-3H3. The van der Waals surface area contributed by atoms with Crippen LogP contribution in [0.3, 0.4) is 0 Å². The maximum Gasteiger partial charge on any atom is 0.334 e. The first kappa shape index (κ1) is 15.7. The molecular formula is C13H23N5O3. The largest absolute Gasteiger partial charge is 0.373 e. The van der Waals surface area contributed by atoms with Crippen molar-refractivity contribution in [3.8, 4) is 0 Å². The van der Waals surface area contributed by atoms with Crippen LogP contribution < -0.4 is 10.6 Å². The van der Waals surface area contributed by atoms with Gasteiger partial charge in [0, 0.05) is 26.2 Å². The van der Waals surface area contributed by atoms with Gasteiger partial charge in [0.05, 0.1) is 17.6 Å². The number of morpholine rings is 1. The summed E-state index contributed by atoms with van der Waals surface area (Å²) in [5.74, 6) is 0.553. The molecule has 2 heterocycles. The van der Waals surface area contributed by atoms with Crippen LogP contribution in [0.2, 0.25) is 0 Å². The Labute approximate surface area is 124 Å². The zero-order valence-electron chi connectivity index (χ0n) is 12.8. The first-order valence-corrected chi connectivity index (χ1v) is 7.28. The Hall–Kier alpha value is -1.67. The predicted molar refractivity (Wildman–Crippen MR) is 79.5 cm³/mol. The van der Waals surface area contributed by atoms with Crippen LogP contribution in [0, 0.1) is 10.1 Å². The topological polar surface area (TPSA) is 99.5 Å². The van der Waals surface area contributed by atoms with Gasteiger partial charge in [-0.05, 0) is 13.3 Å². The Bertz CT molecular complexity index is 514. The molecule has 1 aromatic rings. The predicted octanol–water partition coefficient (Wildman–Crippen LogP) is 0.833. The van der Waals surface area contributed by atoms with Gasteiger partial charge in [0.1, 0.15) is 5.69 Å². The highest BCUT2D eigenvalue weighted by Gasteiger charge is 2.33. The zero-order chi connectivity index (χ0) is 15.6. The van der Waals surface area contributed by atoms with Gasteiger partial charge >= 0.3 is 5.69 Å². The van der Waals surface area contributed by atoms with Crippen molar-refractivity contribution in [1.82, 2.24) is 9.78 Å². The molecular weight excluding hydrogens is 274 g/mol. The molecule has 2 rings (SSSR count). The third kappa shape index (κ3) is 3.16. The van der Waals surface area contributed by atoms with E-state index in [9.17, 15) is 10.1 Å². The Morgan fingerprint density at radius 3 is 2.90 bits per heavy atom. The number of hydrogen-bond donors (Lipinski definition) is 1. The van der Waals surface area contributed by atoms with Gasteiger partial charge in [-0.25, -0.2) is 4.68 Å². The van der Waals surface area contributed by atoms with Gasteiger partial charge in [-0.3, -0.25) is 10.1 Å². The van der Waals surface area contributed by atoms with Gasteiger partial charge in [0.25, 0.3) is 0 Å². The Morgan fingerprint density at radius 2 is 2.33 bits per heavy atom. The number of aryl methyl sites for hydroxylation is 2. The third-order valence-corrected chi connectivity index (χ3v) is 3.71. The number of ether oxygens (including phenoxy) is 1. The van der Waals surface area contributed by atoms with Crippen LogP contribution in [0.1, 0.15) is 26.0 Å². The fourth-order valence-electron chi connectivity index (χ4n) is 2.69. The summed E-state index contributed by atoms with van der Waals surface area (Å²) in [6.07, 6.45) is 1.30. The summed E-state index contributed by atoms with van der Waals surface area (Å²) in [4.78, 5) is 13.1. The molecule has 0 bridgehead atoms. The summed E-state index contributed by atoms with van der Waals surface area (Å²) < 4.78 is 7.22. The smallest absolute Gasteiger partial charge is 0.334 e. The number of hydrogen-bond acceptors (Lipinski definition) is 6. The molecule has 21 heavy (non-hydrogen) atoms. The summed E-state index contributed by atoms with van der Waals surface area (Å²) in [7, 11) is 1.75. The Balaban J connectivity index is 2.36. The quantitative estimate of drug-likeness (QED) is 0.638. The van der Waals surface area contributed by atoms with Crippen LogP contribution in [0.4, 0.5) is 11.5 Å². The minimum absolute atomic E-state index is 0.115. The molecule has 2 N–H and O–H groups in total. The van der Waals surface area contributed by atoms with Crippen molar-refractivity contribution in [3.63, 3.8) is 0 Å². The average Bonchev–Trinajstić information content (AvgIpc) is 2.76. The zero-order valence-corrected chi connectivity index (χ0v) is 12.8. The van der Waals surface area contributed by atoms with E-state index in [2.05, 4.69) is 5.10 Å². The van der Waals surface area contributed by atoms with Crippen molar-refractivity contribution in [2.45, 2.75) is 38.8 Å². The fourth-order valence-corrected chi connectivity index (χ4v) is 2.69. The third-order valence-electron chi connectivity index (χ3n) is 3.71. The van der Waals surface area contributed by atoms with E-state index in [0.717, 1.165) is 6.42 Å². The van der Waals surface area contributed by atoms with Crippen molar-refractivity contribution < 1.29 is 9.66 Å². The average molecular weight is 297 g/mol. The van der Waals surface area contributed by atoms with Gasteiger partial charge in [0.15, 0.2) is 0 Å². The van der Waals surface area contributed by atoms with E-state index in [-0.39, 0.29) is 22.8 Å². The summed E-state index contributed by atoms with van der Waals surface area (Å²) in [5.41, 5.74) is 6.55. The van der Waals surface area contributed by atoms with Crippen molar-refractivity contribution >= 4 is 11.5 Å². The maximum atomic E-state index is 11.5. The first-order chi connectivity index (χ1) is 9.95. The summed E-state index contributed by atoms with van der Waals surface area (Å²) in [6, 6.07) is -0.116. The lowest BCUT2D eigenvalue weighted by Gasteiger charge is -2.35. The summed E-state index contributed by atoms with van der Waals surface area (Å²) >= 11 is 0. The molecule has 0 aliphatic carbocycles. The van der Waals surface area contributed by atoms with E-state index < -0.39 is 0 Å². The van der Waals surface area contributed by atoms with Crippen molar-refractivity contribution in [2.75, 3.05) is 24.6 Å². The first-order valence-electron chi connectivity index (χ1n) is 7.28. The second kappa shape index (κ2) is 6.40. The highest BCUT2D eigenvalue weighted by Crippen LogP contribution is 2.33. The molecule has 1 fully saturated rings. The normalized spacial score (nSPS) is 20.6. The van der Waals surface area contributed by atoms with Gasteiger partial charge in [-0.1, -0.05) is 13.3 Å². The highest BCUT2D eigenvalue weighted by atomic mass is 16.6. The molecule has 0 radical (unpaired) electrons. The maximum absolute atomic E-state index is 11.5. The number of nitrogens with two attached hydrogens (primary N) is 1. The van der Waals surface area contributed by atoms with E-state index in [1.807, 2.05) is 18.7 Å². The molecule has 1 aliphatic heterocycles. The molecule has 8 nitrogen and oxygen atoms in total. The second-order valence-corrected chi connectivity index (χ2v) is 5.46. The highest BCUT2D eigenvalue weighted by molar-refractivity contribution is 5.62. The van der Waals surface area contributed by atoms with Crippen LogP contribution in [0.5, 0.6) is 0 Å². The molecule has 2 atom stereocenters. The minimum atomic E-state index is -0.330. The number of rotatable bonds is 5. The molecule has 0 aromatic carbocycles. The molecule has 0 spiro atoms. The molecule has 2 unspecified atom stereocenters. The monoisotopic (exact) mass is 297 g/mol. The van der Waals surface area contributed by atoms with Crippen LogP contribution in [-0.4, -0.2) is 46.5 Å². The molecule has 8 heteroatoms. The fraction of sp³-hybridized carbons (Fsp3) is 0.769. The lowest BCUT2D eigenvalue weighted by atomic mass is 10.1. The van der Waals surface area contributed by atoms with E-state index in [4.69, 9.17) is 10.5 Å². The van der Waals surface area contributed by atoms with Crippen LogP contribution in [0.25, 0.3) is 0 Å². The van der Waals surface area contributed by atoms with Gasteiger partial charge < -0.3 is 15.4 Å². The molecule has 1 aromatic heterocycles. The van der Waals surface area contributed by atoms with Gasteiger partial charge in [-0.15, -0.1) is 0 Å². The molecule has 0 amide bonds.